The Morgan fingerprint density at radius 1 is 1.00 bits per heavy atom. The first kappa shape index (κ1) is 15.6. The minimum atomic E-state index is 0.928. The molecule has 1 nitrogen and oxygen atoms in total. The minimum absolute atomic E-state index is 0.928. The summed E-state index contributed by atoms with van der Waals surface area (Å²) in [6.45, 7) is 6.54. The molecular formula is C18H26O. The number of methoxy groups -OCH3 is 1. The van der Waals surface area contributed by atoms with E-state index in [1.54, 1.807) is 7.11 Å². The van der Waals surface area contributed by atoms with Crippen LogP contribution in [-0.4, -0.2) is 7.11 Å². The quantitative estimate of drug-likeness (QED) is 0.601. The van der Waals surface area contributed by atoms with E-state index in [9.17, 15) is 0 Å². The standard InChI is InChI=1S/C18H26O/c1-15(2)7-5-8-16(3)9-6-10-17-11-13-18(19-4)14-12-17/h7,9,11-14H,5-6,8,10H2,1-4H3. The van der Waals surface area contributed by atoms with Gasteiger partial charge in [-0.1, -0.05) is 35.4 Å². The average molecular weight is 258 g/mol. The van der Waals surface area contributed by atoms with Crippen molar-refractivity contribution in [2.45, 2.75) is 46.5 Å². The lowest BCUT2D eigenvalue weighted by molar-refractivity contribution is 0.414. The van der Waals surface area contributed by atoms with Crippen molar-refractivity contribution in [3.05, 3.63) is 53.1 Å². The van der Waals surface area contributed by atoms with Crippen molar-refractivity contribution >= 4 is 0 Å². The molecule has 0 bridgehead atoms. The molecule has 19 heavy (non-hydrogen) atoms. The van der Waals surface area contributed by atoms with Crippen LogP contribution in [0, 0.1) is 0 Å². The van der Waals surface area contributed by atoms with Gasteiger partial charge in [0.05, 0.1) is 7.11 Å². The van der Waals surface area contributed by atoms with Crippen LogP contribution in [0.5, 0.6) is 5.75 Å². The fraction of sp³-hybridized carbons (Fsp3) is 0.444. The summed E-state index contributed by atoms with van der Waals surface area (Å²) in [5.41, 5.74) is 4.27. The van der Waals surface area contributed by atoms with E-state index in [1.165, 1.54) is 23.1 Å². The molecule has 0 aliphatic heterocycles. The zero-order chi connectivity index (χ0) is 14.1. The molecule has 0 aromatic heterocycles. The van der Waals surface area contributed by atoms with Gasteiger partial charge in [0.25, 0.3) is 0 Å². The first-order valence-corrected chi connectivity index (χ1v) is 7.03. The molecule has 0 fully saturated rings. The van der Waals surface area contributed by atoms with Crippen molar-refractivity contribution in [1.82, 2.24) is 0 Å². The van der Waals surface area contributed by atoms with E-state index < -0.39 is 0 Å². The maximum Gasteiger partial charge on any atom is 0.118 e. The lowest BCUT2D eigenvalue weighted by atomic mass is 10.1. The van der Waals surface area contributed by atoms with Gasteiger partial charge in [0.2, 0.25) is 0 Å². The van der Waals surface area contributed by atoms with Crippen molar-refractivity contribution in [1.29, 1.82) is 0 Å². The summed E-state index contributed by atoms with van der Waals surface area (Å²) in [6, 6.07) is 8.35. The number of hydrogen-bond donors (Lipinski definition) is 0. The molecule has 0 N–H and O–H groups in total. The maximum atomic E-state index is 5.16. The number of benzene rings is 1. The average Bonchev–Trinajstić information content (AvgIpc) is 2.39. The number of hydrogen-bond acceptors (Lipinski definition) is 1. The highest BCUT2D eigenvalue weighted by Gasteiger charge is 1.94. The Labute approximate surface area is 118 Å². The van der Waals surface area contributed by atoms with E-state index in [-0.39, 0.29) is 0 Å². The number of aryl methyl sites for hydroxylation is 1. The van der Waals surface area contributed by atoms with Crippen LogP contribution >= 0.6 is 0 Å². The van der Waals surface area contributed by atoms with Crippen LogP contribution in [0.25, 0.3) is 0 Å². The van der Waals surface area contributed by atoms with Gasteiger partial charge in [0, 0.05) is 0 Å². The molecule has 1 aromatic carbocycles. The lowest BCUT2D eigenvalue weighted by Gasteiger charge is -2.03. The zero-order valence-corrected chi connectivity index (χ0v) is 12.7. The molecule has 0 heterocycles. The third-order valence-corrected chi connectivity index (χ3v) is 3.18. The number of ether oxygens (including phenoxy) is 1. The lowest BCUT2D eigenvalue weighted by Crippen LogP contribution is -1.86. The third-order valence-electron chi connectivity index (χ3n) is 3.18. The molecule has 0 unspecified atom stereocenters. The van der Waals surface area contributed by atoms with Crippen LogP contribution in [0.1, 0.15) is 45.6 Å². The fourth-order valence-electron chi connectivity index (χ4n) is 1.97. The van der Waals surface area contributed by atoms with Crippen LogP contribution in [0.3, 0.4) is 0 Å². The van der Waals surface area contributed by atoms with Crippen molar-refractivity contribution in [2.24, 2.45) is 0 Å². The summed E-state index contributed by atoms with van der Waals surface area (Å²) in [4.78, 5) is 0. The second kappa shape index (κ2) is 8.58. The van der Waals surface area contributed by atoms with Gasteiger partial charge in [0.1, 0.15) is 5.75 Å². The van der Waals surface area contributed by atoms with E-state index in [4.69, 9.17) is 4.74 Å². The Morgan fingerprint density at radius 3 is 2.26 bits per heavy atom. The van der Waals surface area contributed by atoms with Crippen LogP contribution in [0.15, 0.2) is 47.6 Å². The normalized spacial score (nSPS) is 11.3. The van der Waals surface area contributed by atoms with Crippen molar-refractivity contribution in [2.75, 3.05) is 7.11 Å². The largest absolute Gasteiger partial charge is 0.497 e. The van der Waals surface area contributed by atoms with Crippen LogP contribution in [0.4, 0.5) is 0 Å². The van der Waals surface area contributed by atoms with Gasteiger partial charge in [-0.15, -0.1) is 0 Å². The van der Waals surface area contributed by atoms with Gasteiger partial charge in [-0.2, -0.15) is 0 Å². The molecule has 0 radical (unpaired) electrons. The smallest absolute Gasteiger partial charge is 0.118 e. The third kappa shape index (κ3) is 6.85. The van der Waals surface area contributed by atoms with E-state index >= 15 is 0 Å². The fourth-order valence-corrected chi connectivity index (χ4v) is 1.97. The summed E-state index contributed by atoms with van der Waals surface area (Å²) in [5.74, 6) is 0.928. The van der Waals surface area contributed by atoms with Crippen molar-refractivity contribution in [3.63, 3.8) is 0 Å². The Balaban J connectivity index is 2.33. The van der Waals surface area contributed by atoms with Gasteiger partial charge in [-0.05, 0) is 64.2 Å². The molecule has 0 atom stereocenters. The Kier molecular flexibility index (Phi) is 7.02. The molecule has 0 spiro atoms. The highest BCUT2D eigenvalue weighted by molar-refractivity contribution is 5.27. The molecule has 1 rings (SSSR count). The Morgan fingerprint density at radius 2 is 1.68 bits per heavy atom. The van der Waals surface area contributed by atoms with Gasteiger partial charge in [-0.3, -0.25) is 0 Å². The van der Waals surface area contributed by atoms with Crippen molar-refractivity contribution in [3.8, 4) is 5.75 Å². The monoisotopic (exact) mass is 258 g/mol. The summed E-state index contributed by atoms with van der Waals surface area (Å²) < 4.78 is 5.16. The van der Waals surface area contributed by atoms with Gasteiger partial charge < -0.3 is 4.74 Å². The predicted molar refractivity (Wildman–Crippen MR) is 83.7 cm³/mol. The van der Waals surface area contributed by atoms with Crippen molar-refractivity contribution < 1.29 is 4.74 Å². The molecule has 104 valence electrons. The molecular weight excluding hydrogens is 232 g/mol. The molecule has 1 heteroatoms. The SMILES string of the molecule is COc1ccc(CCC=C(C)CCC=C(C)C)cc1. The Hall–Kier alpha value is -1.50. The summed E-state index contributed by atoms with van der Waals surface area (Å²) in [6.07, 6.45) is 9.22. The minimum Gasteiger partial charge on any atom is -0.497 e. The first-order chi connectivity index (χ1) is 9.11. The topological polar surface area (TPSA) is 9.23 Å². The molecule has 0 amide bonds. The van der Waals surface area contributed by atoms with Gasteiger partial charge in [-0.25, -0.2) is 0 Å². The van der Waals surface area contributed by atoms with E-state index in [2.05, 4.69) is 45.1 Å². The molecule has 0 aliphatic rings. The highest BCUT2D eigenvalue weighted by Crippen LogP contribution is 2.14. The zero-order valence-electron chi connectivity index (χ0n) is 12.7. The highest BCUT2D eigenvalue weighted by atomic mass is 16.5. The summed E-state index contributed by atoms with van der Waals surface area (Å²) >= 11 is 0. The number of allylic oxidation sites excluding steroid dienone is 4. The van der Waals surface area contributed by atoms with Gasteiger partial charge >= 0.3 is 0 Å². The van der Waals surface area contributed by atoms with E-state index in [0.717, 1.165) is 25.0 Å². The molecule has 1 aromatic rings. The maximum absolute atomic E-state index is 5.16. The second-order valence-electron chi connectivity index (χ2n) is 5.26. The van der Waals surface area contributed by atoms with Crippen LogP contribution < -0.4 is 4.74 Å². The number of rotatable bonds is 7. The summed E-state index contributed by atoms with van der Waals surface area (Å²) in [7, 11) is 1.70. The summed E-state index contributed by atoms with van der Waals surface area (Å²) in [5, 5.41) is 0. The Bertz CT molecular complexity index is 420. The predicted octanol–water partition coefficient (Wildman–Crippen LogP) is 5.32. The van der Waals surface area contributed by atoms with E-state index in [1.807, 2.05) is 12.1 Å². The van der Waals surface area contributed by atoms with Gasteiger partial charge in [0.15, 0.2) is 0 Å². The first-order valence-electron chi connectivity index (χ1n) is 7.03. The molecule has 0 aliphatic carbocycles. The van der Waals surface area contributed by atoms with Crippen LogP contribution in [-0.2, 0) is 6.42 Å². The van der Waals surface area contributed by atoms with Crippen LogP contribution in [0.2, 0.25) is 0 Å². The second-order valence-corrected chi connectivity index (χ2v) is 5.26. The molecule has 0 saturated carbocycles. The molecule has 0 saturated heterocycles. The van der Waals surface area contributed by atoms with E-state index in [0.29, 0.717) is 0 Å².